The number of hydrogen-bond donors (Lipinski definition) is 1. The minimum atomic E-state index is -0.361. The van der Waals surface area contributed by atoms with Crippen molar-refractivity contribution < 1.29 is 9.84 Å². The van der Waals surface area contributed by atoms with Gasteiger partial charge in [-0.3, -0.25) is 0 Å². The molecule has 0 aliphatic rings. The van der Waals surface area contributed by atoms with Crippen molar-refractivity contribution in [3.8, 4) is 11.5 Å². The summed E-state index contributed by atoms with van der Waals surface area (Å²) in [7, 11) is 0. The third-order valence-electron chi connectivity index (χ3n) is 3.45. The van der Waals surface area contributed by atoms with Crippen LogP contribution in [-0.2, 0) is 6.42 Å². The van der Waals surface area contributed by atoms with E-state index in [-0.39, 0.29) is 5.60 Å². The molecule has 0 aromatic heterocycles. The Balaban J connectivity index is 0.000000463. The molecule has 1 N–H and O–H groups in total. The predicted molar refractivity (Wildman–Crippen MR) is 98.2 cm³/mol. The molecule has 23 heavy (non-hydrogen) atoms. The van der Waals surface area contributed by atoms with E-state index in [0.29, 0.717) is 12.2 Å². The average Bonchev–Trinajstić information content (AvgIpc) is 2.51. The predicted octanol–water partition coefficient (Wildman–Crippen LogP) is 5.99. The maximum Gasteiger partial charge on any atom is 0.120 e. The molecule has 2 aromatic carbocycles. The lowest BCUT2D eigenvalue weighted by molar-refractivity contribution is 0.109. The van der Waals surface area contributed by atoms with E-state index in [4.69, 9.17) is 4.74 Å². The fourth-order valence-corrected chi connectivity index (χ4v) is 2.32. The second-order valence-corrected chi connectivity index (χ2v) is 6.33. The van der Waals surface area contributed by atoms with Gasteiger partial charge in [-0.15, -0.1) is 0 Å². The molecule has 0 spiro atoms. The van der Waals surface area contributed by atoms with Gasteiger partial charge in [0.2, 0.25) is 0 Å². The normalized spacial score (nSPS) is 10.6. The van der Waals surface area contributed by atoms with Crippen LogP contribution in [0.5, 0.6) is 11.5 Å². The second-order valence-electron chi connectivity index (χ2n) is 6.33. The Morgan fingerprint density at radius 1 is 0.870 bits per heavy atom. The van der Waals surface area contributed by atoms with Gasteiger partial charge in [0.25, 0.3) is 0 Å². The SMILES string of the molecule is CC(C)(Cc1ccccc1O)Oc1ccccc1.CCCCC. The minimum Gasteiger partial charge on any atom is -0.508 e. The highest BCUT2D eigenvalue weighted by atomic mass is 16.5. The topological polar surface area (TPSA) is 29.5 Å². The molecule has 126 valence electrons. The van der Waals surface area contributed by atoms with E-state index >= 15 is 0 Å². The molecular formula is C21H30O2. The smallest absolute Gasteiger partial charge is 0.120 e. The summed E-state index contributed by atoms with van der Waals surface area (Å²) in [5, 5.41) is 9.78. The summed E-state index contributed by atoms with van der Waals surface area (Å²) in [6.07, 6.45) is 4.74. The standard InChI is InChI=1S/C16H18O2.C5H12/c1-16(2,18-14-9-4-3-5-10-14)12-13-8-6-7-11-15(13)17;1-3-5-4-2/h3-11,17H,12H2,1-2H3;3-5H2,1-2H3. The molecule has 0 atom stereocenters. The third kappa shape index (κ3) is 7.73. The zero-order chi connectivity index (χ0) is 17.1. The molecular weight excluding hydrogens is 284 g/mol. The lowest BCUT2D eigenvalue weighted by Gasteiger charge is -2.27. The van der Waals surface area contributed by atoms with Gasteiger partial charge in [0, 0.05) is 6.42 Å². The molecule has 2 heteroatoms. The summed E-state index contributed by atoms with van der Waals surface area (Å²) >= 11 is 0. The summed E-state index contributed by atoms with van der Waals surface area (Å²) in [5.41, 5.74) is 0.540. The first-order chi connectivity index (χ1) is 11.0. The molecule has 0 amide bonds. The number of para-hydroxylation sites is 2. The highest BCUT2D eigenvalue weighted by Crippen LogP contribution is 2.25. The fourth-order valence-electron chi connectivity index (χ4n) is 2.32. The summed E-state index contributed by atoms with van der Waals surface area (Å²) in [6, 6.07) is 17.1. The number of ether oxygens (including phenoxy) is 1. The minimum absolute atomic E-state index is 0.322. The highest BCUT2D eigenvalue weighted by molar-refractivity contribution is 5.33. The summed E-state index contributed by atoms with van der Waals surface area (Å²) in [6.45, 7) is 8.46. The number of aromatic hydroxyl groups is 1. The molecule has 0 bridgehead atoms. The number of benzene rings is 2. The van der Waals surface area contributed by atoms with Gasteiger partial charge < -0.3 is 9.84 Å². The molecule has 0 fully saturated rings. The molecule has 0 heterocycles. The van der Waals surface area contributed by atoms with Crippen molar-refractivity contribution in [2.75, 3.05) is 0 Å². The Kier molecular flexibility index (Phi) is 8.25. The van der Waals surface area contributed by atoms with Gasteiger partial charge in [-0.2, -0.15) is 0 Å². The van der Waals surface area contributed by atoms with Crippen LogP contribution in [0.25, 0.3) is 0 Å². The lowest BCUT2D eigenvalue weighted by atomic mass is 9.97. The molecule has 0 radical (unpaired) electrons. The van der Waals surface area contributed by atoms with Crippen LogP contribution in [0.2, 0.25) is 0 Å². The Morgan fingerprint density at radius 2 is 1.43 bits per heavy atom. The van der Waals surface area contributed by atoms with Crippen LogP contribution in [0, 0.1) is 0 Å². The first kappa shape index (κ1) is 19.1. The maximum absolute atomic E-state index is 9.78. The van der Waals surface area contributed by atoms with E-state index in [1.54, 1.807) is 6.07 Å². The van der Waals surface area contributed by atoms with Gasteiger partial charge in [-0.05, 0) is 37.6 Å². The van der Waals surface area contributed by atoms with Crippen molar-refractivity contribution in [2.24, 2.45) is 0 Å². The van der Waals surface area contributed by atoms with Crippen LogP contribution in [0.3, 0.4) is 0 Å². The van der Waals surface area contributed by atoms with E-state index in [9.17, 15) is 5.11 Å². The third-order valence-corrected chi connectivity index (χ3v) is 3.45. The maximum atomic E-state index is 9.78. The van der Waals surface area contributed by atoms with Crippen molar-refractivity contribution in [3.63, 3.8) is 0 Å². The fraction of sp³-hybridized carbons (Fsp3) is 0.429. The van der Waals surface area contributed by atoms with Gasteiger partial charge in [0.15, 0.2) is 0 Å². The molecule has 0 saturated heterocycles. The van der Waals surface area contributed by atoms with Crippen LogP contribution < -0.4 is 4.74 Å². The van der Waals surface area contributed by atoms with Crippen molar-refractivity contribution in [2.45, 2.75) is 59.0 Å². The second kappa shape index (κ2) is 9.94. The van der Waals surface area contributed by atoms with Crippen molar-refractivity contribution in [1.82, 2.24) is 0 Å². The van der Waals surface area contributed by atoms with E-state index < -0.39 is 0 Å². The number of rotatable bonds is 6. The molecule has 2 rings (SSSR count). The van der Waals surface area contributed by atoms with Gasteiger partial charge in [-0.25, -0.2) is 0 Å². The van der Waals surface area contributed by atoms with E-state index in [0.717, 1.165) is 11.3 Å². The monoisotopic (exact) mass is 314 g/mol. The van der Waals surface area contributed by atoms with Crippen molar-refractivity contribution in [1.29, 1.82) is 0 Å². The van der Waals surface area contributed by atoms with Crippen LogP contribution in [-0.4, -0.2) is 10.7 Å². The first-order valence-corrected chi connectivity index (χ1v) is 8.49. The van der Waals surface area contributed by atoms with Crippen LogP contribution >= 0.6 is 0 Å². The van der Waals surface area contributed by atoms with Gasteiger partial charge in [0.1, 0.15) is 17.1 Å². The van der Waals surface area contributed by atoms with Crippen molar-refractivity contribution >= 4 is 0 Å². The van der Waals surface area contributed by atoms with Crippen molar-refractivity contribution in [3.05, 3.63) is 60.2 Å². The Bertz CT molecular complexity index is 545. The molecule has 0 saturated carbocycles. The average molecular weight is 314 g/mol. The molecule has 2 aromatic rings. The number of phenols is 1. The van der Waals surface area contributed by atoms with E-state index in [1.807, 2.05) is 62.4 Å². The number of phenolic OH excluding ortho intramolecular Hbond substituents is 1. The number of hydrogen-bond acceptors (Lipinski definition) is 2. The zero-order valence-electron chi connectivity index (χ0n) is 14.9. The highest BCUT2D eigenvalue weighted by Gasteiger charge is 2.21. The molecule has 0 aliphatic heterocycles. The van der Waals surface area contributed by atoms with E-state index in [1.165, 1.54) is 19.3 Å². The Morgan fingerprint density at radius 3 is 1.96 bits per heavy atom. The Labute approximate surface area is 141 Å². The first-order valence-electron chi connectivity index (χ1n) is 8.49. The lowest BCUT2D eigenvalue weighted by Crippen LogP contribution is -2.30. The summed E-state index contributed by atoms with van der Waals surface area (Å²) in [5.74, 6) is 1.17. The van der Waals surface area contributed by atoms with Crippen LogP contribution in [0.4, 0.5) is 0 Å². The quantitative estimate of drug-likeness (QED) is 0.709. The van der Waals surface area contributed by atoms with E-state index in [2.05, 4.69) is 13.8 Å². The largest absolute Gasteiger partial charge is 0.508 e. The zero-order valence-corrected chi connectivity index (χ0v) is 14.9. The number of unbranched alkanes of at least 4 members (excludes halogenated alkanes) is 2. The summed E-state index contributed by atoms with van der Waals surface area (Å²) in [4.78, 5) is 0. The molecule has 0 unspecified atom stereocenters. The Hall–Kier alpha value is -1.96. The van der Waals surface area contributed by atoms with Gasteiger partial charge >= 0.3 is 0 Å². The molecule has 2 nitrogen and oxygen atoms in total. The van der Waals surface area contributed by atoms with Crippen LogP contribution in [0.15, 0.2) is 54.6 Å². The summed E-state index contributed by atoms with van der Waals surface area (Å²) < 4.78 is 5.95. The van der Waals surface area contributed by atoms with Crippen LogP contribution in [0.1, 0.15) is 52.5 Å². The van der Waals surface area contributed by atoms with Gasteiger partial charge in [-0.1, -0.05) is 69.5 Å². The molecule has 0 aliphatic carbocycles. The van der Waals surface area contributed by atoms with Gasteiger partial charge in [0.05, 0.1) is 0 Å².